The summed E-state index contributed by atoms with van der Waals surface area (Å²) in [5, 5.41) is 13.9. The molecular formula is C18H21NO2. The van der Waals surface area contributed by atoms with Gasteiger partial charge in [-0.15, -0.1) is 0 Å². The Morgan fingerprint density at radius 1 is 1.05 bits per heavy atom. The first-order chi connectivity index (χ1) is 10.3. The van der Waals surface area contributed by atoms with Crippen molar-refractivity contribution in [1.82, 2.24) is 5.32 Å². The van der Waals surface area contributed by atoms with Gasteiger partial charge in [-0.2, -0.15) is 0 Å². The molecule has 0 saturated carbocycles. The van der Waals surface area contributed by atoms with Crippen LogP contribution in [0.3, 0.4) is 0 Å². The monoisotopic (exact) mass is 283 g/mol. The molecule has 1 heterocycles. The number of rotatable bonds is 4. The second-order valence-corrected chi connectivity index (χ2v) is 5.61. The summed E-state index contributed by atoms with van der Waals surface area (Å²) in [4.78, 5) is 0. The quantitative estimate of drug-likeness (QED) is 0.906. The van der Waals surface area contributed by atoms with Crippen LogP contribution in [0.15, 0.2) is 54.6 Å². The predicted molar refractivity (Wildman–Crippen MR) is 83.2 cm³/mol. The number of piperidine rings is 1. The third-order valence-electron chi connectivity index (χ3n) is 4.00. The summed E-state index contributed by atoms with van der Waals surface area (Å²) < 4.78 is 5.77. The topological polar surface area (TPSA) is 41.5 Å². The van der Waals surface area contributed by atoms with Crippen molar-refractivity contribution in [3.63, 3.8) is 0 Å². The number of hydrogen-bond donors (Lipinski definition) is 2. The highest BCUT2D eigenvalue weighted by molar-refractivity contribution is 5.31. The van der Waals surface area contributed by atoms with Crippen molar-refractivity contribution in [3.8, 4) is 5.75 Å². The summed E-state index contributed by atoms with van der Waals surface area (Å²) in [6, 6.07) is 17.9. The molecule has 0 amide bonds. The molecular weight excluding hydrogens is 262 g/mol. The highest BCUT2D eigenvalue weighted by atomic mass is 16.5. The highest BCUT2D eigenvalue weighted by Gasteiger charge is 2.30. The predicted octanol–water partition coefficient (Wildman–Crippen LogP) is 2.84. The van der Waals surface area contributed by atoms with Crippen molar-refractivity contribution in [1.29, 1.82) is 0 Å². The van der Waals surface area contributed by atoms with E-state index in [0.717, 1.165) is 36.3 Å². The van der Waals surface area contributed by atoms with Gasteiger partial charge < -0.3 is 15.2 Å². The maximum Gasteiger partial charge on any atom is 0.119 e. The molecule has 1 saturated heterocycles. The molecule has 21 heavy (non-hydrogen) atoms. The van der Waals surface area contributed by atoms with Crippen LogP contribution in [0.5, 0.6) is 5.75 Å². The Morgan fingerprint density at radius 2 is 1.81 bits per heavy atom. The second kappa shape index (κ2) is 6.29. The SMILES string of the molecule is OC1(c2ccc(OCc3ccccc3)cc2)CCCNC1. The van der Waals surface area contributed by atoms with E-state index in [4.69, 9.17) is 4.74 Å². The lowest BCUT2D eigenvalue weighted by molar-refractivity contribution is 0.0123. The lowest BCUT2D eigenvalue weighted by Gasteiger charge is -2.33. The summed E-state index contributed by atoms with van der Waals surface area (Å²) in [5.41, 5.74) is 1.37. The minimum Gasteiger partial charge on any atom is -0.489 e. The highest BCUT2D eigenvalue weighted by Crippen LogP contribution is 2.29. The van der Waals surface area contributed by atoms with Gasteiger partial charge >= 0.3 is 0 Å². The van der Waals surface area contributed by atoms with Gasteiger partial charge in [0.2, 0.25) is 0 Å². The molecule has 110 valence electrons. The molecule has 1 unspecified atom stereocenters. The number of aliphatic hydroxyl groups is 1. The fourth-order valence-electron chi connectivity index (χ4n) is 2.74. The molecule has 3 rings (SSSR count). The number of ether oxygens (including phenoxy) is 1. The van der Waals surface area contributed by atoms with E-state index in [0.29, 0.717) is 13.2 Å². The lowest BCUT2D eigenvalue weighted by atomic mass is 9.87. The van der Waals surface area contributed by atoms with E-state index in [1.165, 1.54) is 0 Å². The minimum atomic E-state index is -0.740. The normalized spacial score (nSPS) is 22.0. The third kappa shape index (κ3) is 3.43. The van der Waals surface area contributed by atoms with Gasteiger partial charge in [0.1, 0.15) is 18.0 Å². The fourth-order valence-corrected chi connectivity index (χ4v) is 2.74. The Balaban J connectivity index is 1.64. The van der Waals surface area contributed by atoms with Gasteiger partial charge in [0.05, 0.1) is 0 Å². The fraction of sp³-hybridized carbons (Fsp3) is 0.333. The molecule has 2 aromatic rings. The zero-order chi connectivity index (χ0) is 14.5. The van der Waals surface area contributed by atoms with Gasteiger partial charge in [-0.05, 0) is 42.6 Å². The number of benzene rings is 2. The van der Waals surface area contributed by atoms with Gasteiger partial charge in [-0.25, -0.2) is 0 Å². The Morgan fingerprint density at radius 3 is 2.48 bits per heavy atom. The van der Waals surface area contributed by atoms with Gasteiger partial charge in [0.15, 0.2) is 0 Å². The van der Waals surface area contributed by atoms with Crippen LogP contribution in [-0.2, 0) is 12.2 Å². The van der Waals surface area contributed by atoms with Crippen LogP contribution in [0.25, 0.3) is 0 Å². The maximum atomic E-state index is 10.6. The van der Waals surface area contributed by atoms with Crippen molar-refractivity contribution in [2.45, 2.75) is 25.0 Å². The smallest absolute Gasteiger partial charge is 0.119 e. The first-order valence-corrected chi connectivity index (χ1v) is 7.47. The van der Waals surface area contributed by atoms with Gasteiger partial charge in [-0.1, -0.05) is 42.5 Å². The van der Waals surface area contributed by atoms with Crippen LogP contribution in [0.2, 0.25) is 0 Å². The first kappa shape index (κ1) is 14.1. The van der Waals surface area contributed by atoms with Crippen LogP contribution in [0, 0.1) is 0 Å². The lowest BCUT2D eigenvalue weighted by Crippen LogP contribution is -2.43. The average Bonchev–Trinajstić information content (AvgIpc) is 2.55. The van der Waals surface area contributed by atoms with Crippen LogP contribution >= 0.6 is 0 Å². The molecule has 1 atom stereocenters. The third-order valence-corrected chi connectivity index (χ3v) is 4.00. The Bertz CT molecular complexity index is 560. The van der Waals surface area contributed by atoms with Crippen molar-refractivity contribution < 1.29 is 9.84 Å². The van der Waals surface area contributed by atoms with E-state index in [9.17, 15) is 5.11 Å². The summed E-state index contributed by atoms with van der Waals surface area (Å²) in [6.07, 6.45) is 1.81. The Kier molecular flexibility index (Phi) is 4.23. The summed E-state index contributed by atoms with van der Waals surface area (Å²) in [6.45, 7) is 2.17. The van der Waals surface area contributed by atoms with E-state index in [-0.39, 0.29) is 0 Å². The zero-order valence-corrected chi connectivity index (χ0v) is 12.1. The minimum absolute atomic E-state index is 0.562. The largest absolute Gasteiger partial charge is 0.489 e. The molecule has 0 bridgehead atoms. The Hall–Kier alpha value is -1.84. The summed E-state index contributed by atoms with van der Waals surface area (Å²) in [5.74, 6) is 0.829. The molecule has 0 aliphatic carbocycles. The number of nitrogens with one attached hydrogen (secondary N) is 1. The standard InChI is InChI=1S/C18H21NO2/c20-18(11-4-12-19-14-18)16-7-9-17(10-8-16)21-13-15-5-2-1-3-6-15/h1-3,5-10,19-20H,4,11-14H2. The molecule has 1 fully saturated rings. The average molecular weight is 283 g/mol. The molecule has 3 heteroatoms. The van der Waals surface area contributed by atoms with Crippen molar-refractivity contribution in [3.05, 3.63) is 65.7 Å². The van der Waals surface area contributed by atoms with Gasteiger partial charge in [0.25, 0.3) is 0 Å². The van der Waals surface area contributed by atoms with E-state index < -0.39 is 5.60 Å². The van der Waals surface area contributed by atoms with Gasteiger partial charge in [0, 0.05) is 6.54 Å². The van der Waals surface area contributed by atoms with E-state index in [1.54, 1.807) is 0 Å². The maximum absolute atomic E-state index is 10.6. The van der Waals surface area contributed by atoms with Crippen molar-refractivity contribution >= 4 is 0 Å². The second-order valence-electron chi connectivity index (χ2n) is 5.61. The Labute approximate surface area is 125 Å². The summed E-state index contributed by atoms with van der Waals surface area (Å²) >= 11 is 0. The van der Waals surface area contributed by atoms with E-state index in [2.05, 4.69) is 5.32 Å². The molecule has 0 spiro atoms. The van der Waals surface area contributed by atoms with Crippen LogP contribution < -0.4 is 10.1 Å². The van der Waals surface area contributed by atoms with Crippen LogP contribution in [0.4, 0.5) is 0 Å². The van der Waals surface area contributed by atoms with E-state index in [1.807, 2.05) is 54.6 Å². The van der Waals surface area contributed by atoms with Crippen molar-refractivity contribution in [2.75, 3.05) is 13.1 Å². The van der Waals surface area contributed by atoms with E-state index >= 15 is 0 Å². The van der Waals surface area contributed by atoms with Crippen LogP contribution in [0.1, 0.15) is 24.0 Å². The molecule has 2 N–H and O–H groups in total. The number of hydrogen-bond acceptors (Lipinski definition) is 3. The van der Waals surface area contributed by atoms with Gasteiger partial charge in [-0.3, -0.25) is 0 Å². The summed E-state index contributed by atoms with van der Waals surface area (Å²) in [7, 11) is 0. The molecule has 2 aromatic carbocycles. The molecule has 0 aromatic heterocycles. The first-order valence-electron chi connectivity index (χ1n) is 7.47. The van der Waals surface area contributed by atoms with Crippen LogP contribution in [-0.4, -0.2) is 18.2 Å². The molecule has 1 aliphatic heterocycles. The number of β-amino-alcohol motifs (C(OH)–C–C–N with tert-alkyl or cyclic N) is 1. The van der Waals surface area contributed by atoms with Crippen molar-refractivity contribution in [2.24, 2.45) is 0 Å². The zero-order valence-electron chi connectivity index (χ0n) is 12.1. The molecule has 3 nitrogen and oxygen atoms in total. The molecule has 1 aliphatic rings. The molecule has 0 radical (unpaired) electrons.